The summed E-state index contributed by atoms with van der Waals surface area (Å²) in [6, 6.07) is 15.7. The van der Waals surface area contributed by atoms with Crippen LogP contribution in [0.25, 0.3) is 11.3 Å². The highest BCUT2D eigenvalue weighted by Gasteiger charge is 2.15. The molecule has 0 radical (unpaired) electrons. The second kappa shape index (κ2) is 8.06. The Morgan fingerprint density at radius 3 is 2.46 bits per heavy atom. The van der Waals surface area contributed by atoms with Crippen LogP contribution >= 0.6 is 12.2 Å². The smallest absolute Gasteiger partial charge is 0.371 e. The maximum Gasteiger partial charge on any atom is 0.371 e. The highest BCUT2D eigenvalue weighted by atomic mass is 32.1. The van der Waals surface area contributed by atoms with Gasteiger partial charge < -0.3 is 14.8 Å². The van der Waals surface area contributed by atoms with Crippen LogP contribution < -0.4 is 10.6 Å². The van der Waals surface area contributed by atoms with Crippen molar-refractivity contribution in [2.24, 2.45) is 0 Å². The van der Waals surface area contributed by atoms with Crippen LogP contribution in [0.4, 0.5) is 5.69 Å². The minimum absolute atomic E-state index is 0.130. The van der Waals surface area contributed by atoms with Gasteiger partial charge in [-0.2, -0.15) is 0 Å². The number of nitrogens with one attached hydrogen (secondary N) is 2. The Morgan fingerprint density at radius 1 is 1.04 bits per heavy atom. The van der Waals surface area contributed by atoms with Crippen molar-refractivity contribution in [2.45, 2.75) is 13.8 Å². The lowest BCUT2D eigenvalue weighted by molar-refractivity contribution is 0.0663. The molecular formula is C21H18N2O4S. The van der Waals surface area contributed by atoms with Crippen LogP contribution in [0.2, 0.25) is 0 Å². The molecule has 0 aliphatic rings. The molecule has 142 valence electrons. The van der Waals surface area contributed by atoms with E-state index >= 15 is 0 Å². The van der Waals surface area contributed by atoms with Gasteiger partial charge in [0.25, 0.3) is 5.91 Å². The highest BCUT2D eigenvalue weighted by molar-refractivity contribution is 7.80. The number of furan rings is 1. The summed E-state index contributed by atoms with van der Waals surface area (Å²) in [4.78, 5) is 23.5. The van der Waals surface area contributed by atoms with Gasteiger partial charge in [0.1, 0.15) is 5.76 Å². The monoisotopic (exact) mass is 394 g/mol. The summed E-state index contributed by atoms with van der Waals surface area (Å²) in [5.41, 5.74) is 3.57. The Morgan fingerprint density at radius 2 is 1.79 bits per heavy atom. The van der Waals surface area contributed by atoms with Gasteiger partial charge >= 0.3 is 5.97 Å². The van der Waals surface area contributed by atoms with E-state index in [0.29, 0.717) is 22.6 Å². The normalized spacial score (nSPS) is 10.4. The number of hydrogen-bond acceptors (Lipinski definition) is 4. The molecule has 1 aromatic heterocycles. The van der Waals surface area contributed by atoms with Crippen LogP contribution in [0.15, 0.2) is 59.0 Å². The van der Waals surface area contributed by atoms with Gasteiger partial charge in [0.2, 0.25) is 5.76 Å². The molecular weight excluding hydrogens is 376 g/mol. The average molecular weight is 394 g/mol. The fourth-order valence-corrected chi connectivity index (χ4v) is 2.93. The maximum absolute atomic E-state index is 12.4. The molecule has 0 aliphatic heterocycles. The van der Waals surface area contributed by atoms with Crippen molar-refractivity contribution in [3.63, 3.8) is 0 Å². The molecule has 0 spiro atoms. The molecule has 0 saturated heterocycles. The third kappa shape index (κ3) is 4.27. The molecule has 0 unspecified atom stereocenters. The Labute approximate surface area is 167 Å². The summed E-state index contributed by atoms with van der Waals surface area (Å²) < 4.78 is 5.39. The van der Waals surface area contributed by atoms with Gasteiger partial charge in [-0.1, -0.05) is 24.3 Å². The largest absolute Gasteiger partial charge is 0.475 e. The van der Waals surface area contributed by atoms with Crippen molar-refractivity contribution in [1.29, 1.82) is 0 Å². The number of hydrogen-bond donors (Lipinski definition) is 3. The van der Waals surface area contributed by atoms with Gasteiger partial charge in [-0.05, 0) is 67.5 Å². The first-order valence-corrected chi connectivity index (χ1v) is 8.88. The second-order valence-electron chi connectivity index (χ2n) is 6.24. The van der Waals surface area contributed by atoms with Gasteiger partial charge in [0, 0.05) is 11.1 Å². The number of carbonyl (C=O) groups is 2. The molecule has 3 aromatic rings. The van der Waals surface area contributed by atoms with E-state index in [-0.39, 0.29) is 16.8 Å². The van der Waals surface area contributed by atoms with E-state index in [9.17, 15) is 9.59 Å². The van der Waals surface area contributed by atoms with E-state index in [2.05, 4.69) is 10.6 Å². The van der Waals surface area contributed by atoms with Gasteiger partial charge in [0.05, 0.1) is 5.69 Å². The number of aromatic carboxylic acids is 1. The van der Waals surface area contributed by atoms with E-state index in [1.165, 1.54) is 6.07 Å². The summed E-state index contributed by atoms with van der Waals surface area (Å²) in [6.45, 7) is 3.76. The zero-order valence-corrected chi connectivity index (χ0v) is 16.1. The number of benzene rings is 2. The fraction of sp³-hybridized carbons (Fsp3) is 0.0952. The lowest BCUT2D eigenvalue weighted by Gasteiger charge is -2.14. The average Bonchev–Trinajstić information content (AvgIpc) is 3.12. The number of carboxylic acid groups (broad SMARTS) is 1. The van der Waals surface area contributed by atoms with Gasteiger partial charge in [-0.3, -0.25) is 10.1 Å². The molecule has 28 heavy (non-hydrogen) atoms. The number of anilines is 1. The summed E-state index contributed by atoms with van der Waals surface area (Å²) in [6.07, 6.45) is 0. The zero-order valence-electron chi connectivity index (χ0n) is 15.3. The first-order valence-electron chi connectivity index (χ1n) is 8.47. The summed E-state index contributed by atoms with van der Waals surface area (Å²) in [5.74, 6) is -1.23. The van der Waals surface area contributed by atoms with E-state index in [1.54, 1.807) is 24.3 Å². The summed E-state index contributed by atoms with van der Waals surface area (Å²) >= 11 is 5.29. The molecule has 0 aliphatic carbocycles. The van der Waals surface area contributed by atoms with Crippen molar-refractivity contribution in [3.05, 3.63) is 77.0 Å². The van der Waals surface area contributed by atoms with Crippen LogP contribution in [0.5, 0.6) is 0 Å². The summed E-state index contributed by atoms with van der Waals surface area (Å²) in [7, 11) is 0. The number of amides is 1. The minimum Gasteiger partial charge on any atom is -0.475 e. The Hall–Kier alpha value is -3.45. The molecule has 0 fully saturated rings. The standard InChI is InChI=1S/C21H18N2O4S/c1-12-7-8-15(17-9-10-18(27-17)20(25)26)16(11-12)22-21(28)23-19(24)14-6-4-3-5-13(14)2/h3-11H,1-2H3,(H,25,26)(H2,22,23,24,28). The molecule has 3 rings (SSSR count). The first kappa shape index (κ1) is 19.3. The predicted molar refractivity (Wildman–Crippen MR) is 111 cm³/mol. The third-order valence-corrected chi connectivity index (χ3v) is 4.33. The molecule has 0 bridgehead atoms. The van der Waals surface area contributed by atoms with Gasteiger partial charge in [-0.25, -0.2) is 4.79 Å². The van der Waals surface area contributed by atoms with Crippen LogP contribution in [-0.2, 0) is 0 Å². The van der Waals surface area contributed by atoms with Crippen molar-refractivity contribution in [1.82, 2.24) is 5.32 Å². The van der Waals surface area contributed by atoms with Crippen LogP contribution in [0, 0.1) is 13.8 Å². The predicted octanol–water partition coefficient (Wildman–Crippen LogP) is 4.39. The number of rotatable bonds is 4. The number of aryl methyl sites for hydroxylation is 2. The minimum atomic E-state index is -1.14. The molecule has 0 saturated carbocycles. The van der Waals surface area contributed by atoms with Crippen LogP contribution in [0.1, 0.15) is 32.0 Å². The molecule has 7 heteroatoms. The maximum atomic E-state index is 12.4. The number of carbonyl (C=O) groups excluding carboxylic acids is 1. The van der Waals surface area contributed by atoms with Crippen molar-refractivity contribution >= 4 is 34.9 Å². The molecule has 1 amide bonds. The second-order valence-corrected chi connectivity index (χ2v) is 6.65. The van der Waals surface area contributed by atoms with Crippen molar-refractivity contribution in [3.8, 4) is 11.3 Å². The Balaban J connectivity index is 1.82. The van der Waals surface area contributed by atoms with E-state index < -0.39 is 5.97 Å². The third-order valence-electron chi connectivity index (χ3n) is 4.12. The van der Waals surface area contributed by atoms with E-state index in [1.807, 2.05) is 38.1 Å². The first-order chi connectivity index (χ1) is 13.3. The highest BCUT2D eigenvalue weighted by Crippen LogP contribution is 2.30. The van der Waals surface area contributed by atoms with Gasteiger partial charge in [0.15, 0.2) is 5.11 Å². The Kier molecular flexibility index (Phi) is 5.56. The molecule has 0 atom stereocenters. The molecule has 6 nitrogen and oxygen atoms in total. The fourth-order valence-electron chi connectivity index (χ4n) is 2.73. The van der Waals surface area contributed by atoms with E-state index in [0.717, 1.165) is 11.1 Å². The van der Waals surface area contributed by atoms with Crippen LogP contribution in [0.3, 0.4) is 0 Å². The number of carboxylic acids is 1. The molecule has 1 heterocycles. The topological polar surface area (TPSA) is 91.6 Å². The lowest BCUT2D eigenvalue weighted by atomic mass is 10.1. The van der Waals surface area contributed by atoms with E-state index in [4.69, 9.17) is 21.7 Å². The van der Waals surface area contributed by atoms with Crippen LogP contribution in [-0.4, -0.2) is 22.1 Å². The summed E-state index contributed by atoms with van der Waals surface area (Å²) in [5, 5.41) is 14.9. The van der Waals surface area contributed by atoms with Gasteiger partial charge in [-0.15, -0.1) is 0 Å². The SMILES string of the molecule is Cc1ccc(-c2ccc(C(=O)O)o2)c(NC(=S)NC(=O)c2ccccc2C)c1. The number of thiocarbonyl (C=S) groups is 1. The molecule has 3 N–H and O–H groups in total. The van der Waals surface area contributed by atoms with Crippen molar-refractivity contribution < 1.29 is 19.1 Å². The molecule has 2 aromatic carbocycles. The zero-order chi connectivity index (χ0) is 20.3. The lowest BCUT2D eigenvalue weighted by Crippen LogP contribution is -2.34. The van der Waals surface area contributed by atoms with Crippen molar-refractivity contribution in [2.75, 3.05) is 5.32 Å². The quantitative estimate of drug-likeness (QED) is 0.569. The Bertz CT molecular complexity index is 1070.